The van der Waals surface area contributed by atoms with Gasteiger partial charge in [-0.2, -0.15) is 0 Å². The van der Waals surface area contributed by atoms with E-state index in [1.807, 2.05) is 17.0 Å². The quantitative estimate of drug-likeness (QED) is 0.265. The van der Waals surface area contributed by atoms with E-state index >= 15 is 0 Å². The van der Waals surface area contributed by atoms with Gasteiger partial charge in [-0.1, -0.05) is 75.4 Å². The Balaban J connectivity index is 1.73. The molecule has 220 valence electrons. The van der Waals surface area contributed by atoms with E-state index in [9.17, 15) is 14.4 Å². The first-order chi connectivity index (χ1) is 19.5. The van der Waals surface area contributed by atoms with Crippen LogP contribution in [0.2, 0.25) is 10.0 Å². The highest BCUT2D eigenvalue weighted by Gasteiger charge is 2.53. The summed E-state index contributed by atoms with van der Waals surface area (Å²) in [5.41, 5.74) is 1.73. The fourth-order valence-corrected chi connectivity index (χ4v) is 7.06. The number of carbonyl (C=O) groups is 3. The van der Waals surface area contributed by atoms with E-state index in [2.05, 4.69) is 26.1 Å². The minimum absolute atomic E-state index is 0.0599. The number of unbranched alkanes of at least 4 members (excludes halogenated alkanes) is 2. The van der Waals surface area contributed by atoms with E-state index in [1.54, 1.807) is 30.3 Å². The highest BCUT2D eigenvalue weighted by atomic mass is 35.5. The van der Waals surface area contributed by atoms with E-state index in [1.165, 1.54) is 0 Å². The molecular formula is C32H39Cl2N3O4. The molecule has 1 heterocycles. The number of carboxylic acid groups (broad SMARTS) is 1. The van der Waals surface area contributed by atoms with Gasteiger partial charge in [-0.25, -0.2) is 0 Å². The Bertz CT molecular complexity index is 1280. The molecule has 2 unspecified atom stereocenters. The Morgan fingerprint density at radius 2 is 1.71 bits per heavy atom. The lowest BCUT2D eigenvalue weighted by atomic mass is 9.75. The summed E-state index contributed by atoms with van der Waals surface area (Å²) in [5, 5.41) is 12.4. The van der Waals surface area contributed by atoms with Gasteiger partial charge in [0, 0.05) is 27.7 Å². The lowest BCUT2D eigenvalue weighted by molar-refractivity contribution is -0.137. The number of aliphatic carboxylic acids is 1. The maximum atomic E-state index is 14.4. The van der Waals surface area contributed by atoms with E-state index in [-0.39, 0.29) is 30.8 Å². The molecule has 1 saturated carbocycles. The summed E-state index contributed by atoms with van der Waals surface area (Å²) in [6.07, 6.45) is 6.31. The summed E-state index contributed by atoms with van der Waals surface area (Å²) < 4.78 is 0. The first kappa shape index (κ1) is 31.0. The number of aliphatic imine (C=N–C) groups is 1. The third-order valence-corrected chi connectivity index (χ3v) is 8.49. The molecule has 2 amide bonds. The van der Waals surface area contributed by atoms with E-state index in [0.717, 1.165) is 50.5 Å². The standard InChI is InChI=1S/C32H39Cl2N3O4/c1-4-5-6-7-27(22-8-10-23(11-9-22)30(40)35-13-12-28(38)39)37-31(41)29(24-15-25(33)17-26(34)16-24)36-32(37)18-20(2)14-21(3)19-32/h8-11,15-17,20-21,27H,4-7,12-14,18-19H2,1-3H3,(H,35,40)(H,38,39)/t20?,21?,27-,32?/m1/s1. The largest absolute Gasteiger partial charge is 0.481 e. The zero-order valence-electron chi connectivity index (χ0n) is 24.0. The van der Waals surface area contributed by atoms with Gasteiger partial charge in [-0.15, -0.1) is 0 Å². The second kappa shape index (κ2) is 13.4. The predicted molar refractivity (Wildman–Crippen MR) is 163 cm³/mol. The summed E-state index contributed by atoms with van der Waals surface area (Å²) >= 11 is 12.7. The molecule has 2 aromatic rings. The van der Waals surface area contributed by atoms with Crippen molar-refractivity contribution in [3.8, 4) is 0 Å². The molecule has 0 bridgehead atoms. The van der Waals surface area contributed by atoms with Crippen LogP contribution in [0.15, 0.2) is 47.5 Å². The molecule has 0 aromatic heterocycles. The molecule has 7 nitrogen and oxygen atoms in total. The highest BCUT2D eigenvalue weighted by Crippen LogP contribution is 2.49. The van der Waals surface area contributed by atoms with Gasteiger partial charge in [0.1, 0.15) is 11.4 Å². The van der Waals surface area contributed by atoms with Crippen LogP contribution >= 0.6 is 23.2 Å². The Morgan fingerprint density at radius 1 is 1.07 bits per heavy atom. The van der Waals surface area contributed by atoms with Crippen molar-refractivity contribution in [3.63, 3.8) is 0 Å². The van der Waals surface area contributed by atoms with Gasteiger partial charge in [-0.05, 0) is 73.4 Å². The van der Waals surface area contributed by atoms with E-state index < -0.39 is 11.6 Å². The Hall–Kier alpha value is -2.90. The number of carbonyl (C=O) groups excluding carboxylic acids is 2. The predicted octanol–water partition coefficient (Wildman–Crippen LogP) is 7.30. The lowest BCUT2D eigenvalue weighted by Crippen LogP contribution is -2.52. The Labute approximate surface area is 252 Å². The molecule has 1 fully saturated rings. The Morgan fingerprint density at radius 3 is 2.29 bits per heavy atom. The van der Waals surface area contributed by atoms with Crippen LogP contribution < -0.4 is 5.32 Å². The molecule has 4 rings (SSSR count). The van der Waals surface area contributed by atoms with Gasteiger partial charge in [0.25, 0.3) is 11.8 Å². The summed E-state index contributed by atoms with van der Waals surface area (Å²) in [6.45, 7) is 6.68. The zero-order chi connectivity index (χ0) is 29.7. The topological polar surface area (TPSA) is 99.1 Å². The van der Waals surface area contributed by atoms with Gasteiger partial charge >= 0.3 is 5.97 Å². The van der Waals surface area contributed by atoms with Gasteiger partial charge in [0.15, 0.2) is 0 Å². The summed E-state index contributed by atoms with van der Waals surface area (Å²) in [5.74, 6) is -0.622. The Kier molecular flexibility index (Phi) is 10.1. The zero-order valence-corrected chi connectivity index (χ0v) is 25.5. The number of carboxylic acids is 1. The fraction of sp³-hybridized carbons (Fsp3) is 0.500. The van der Waals surface area contributed by atoms with Crippen LogP contribution in [0, 0.1) is 11.8 Å². The van der Waals surface area contributed by atoms with E-state index in [4.69, 9.17) is 33.3 Å². The number of nitrogens with one attached hydrogen (secondary N) is 1. The van der Waals surface area contributed by atoms with Crippen LogP contribution in [0.1, 0.15) is 99.7 Å². The van der Waals surface area contributed by atoms with E-state index in [0.29, 0.717) is 38.7 Å². The van der Waals surface area contributed by atoms with Crippen molar-refractivity contribution in [2.75, 3.05) is 6.54 Å². The second-order valence-corrected chi connectivity index (χ2v) is 12.5. The molecule has 3 atom stereocenters. The third kappa shape index (κ3) is 7.31. The lowest BCUT2D eigenvalue weighted by Gasteiger charge is -2.47. The number of halogens is 2. The van der Waals surface area contributed by atoms with Crippen LogP contribution in [0.4, 0.5) is 0 Å². The number of benzene rings is 2. The normalized spacial score (nSPS) is 23.0. The maximum absolute atomic E-state index is 14.4. The van der Waals surface area contributed by atoms with Crippen molar-refractivity contribution in [1.82, 2.24) is 10.2 Å². The average molecular weight is 601 g/mol. The molecule has 2 aliphatic rings. The first-order valence-electron chi connectivity index (χ1n) is 14.5. The van der Waals surface area contributed by atoms with Crippen molar-refractivity contribution >= 4 is 46.7 Å². The molecule has 2 aromatic carbocycles. The smallest absolute Gasteiger partial charge is 0.305 e. The third-order valence-electron chi connectivity index (χ3n) is 8.06. The van der Waals surface area contributed by atoms with Crippen LogP contribution in [0.3, 0.4) is 0 Å². The van der Waals surface area contributed by atoms with Crippen molar-refractivity contribution in [3.05, 3.63) is 69.2 Å². The van der Waals surface area contributed by atoms with Crippen molar-refractivity contribution < 1.29 is 19.5 Å². The van der Waals surface area contributed by atoms with Gasteiger partial charge < -0.3 is 15.3 Å². The van der Waals surface area contributed by atoms with Crippen LogP contribution in [-0.2, 0) is 9.59 Å². The number of hydrogen-bond acceptors (Lipinski definition) is 4. The summed E-state index contributed by atoms with van der Waals surface area (Å²) in [7, 11) is 0. The van der Waals surface area contributed by atoms with Crippen LogP contribution in [0.25, 0.3) is 0 Å². The molecule has 0 saturated heterocycles. The number of amides is 2. The first-order valence-corrected chi connectivity index (χ1v) is 15.3. The van der Waals surface area contributed by atoms with Crippen molar-refractivity contribution in [2.45, 2.75) is 83.8 Å². The van der Waals surface area contributed by atoms with Crippen LogP contribution in [0.5, 0.6) is 0 Å². The molecular weight excluding hydrogens is 561 g/mol. The number of rotatable bonds is 11. The molecule has 0 radical (unpaired) electrons. The molecule has 1 aliphatic heterocycles. The fourth-order valence-electron chi connectivity index (χ4n) is 6.54. The monoisotopic (exact) mass is 599 g/mol. The molecule has 1 spiro atoms. The summed E-state index contributed by atoms with van der Waals surface area (Å²) in [4.78, 5) is 45.0. The molecule has 9 heteroatoms. The molecule has 2 N–H and O–H groups in total. The second-order valence-electron chi connectivity index (χ2n) is 11.7. The van der Waals surface area contributed by atoms with Gasteiger partial charge in [0.2, 0.25) is 0 Å². The van der Waals surface area contributed by atoms with Crippen molar-refractivity contribution in [1.29, 1.82) is 0 Å². The molecule has 41 heavy (non-hydrogen) atoms. The summed E-state index contributed by atoms with van der Waals surface area (Å²) in [6, 6.07) is 12.2. The molecule has 1 aliphatic carbocycles. The number of hydrogen-bond donors (Lipinski definition) is 2. The van der Waals surface area contributed by atoms with Crippen LogP contribution in [-0.4, -0.2) is 45.7 Å². The average Bonchev–Trinajstić information content (AvgIpc) is 3.15. The highest BCUT2D eigenvalue weighted by molar-refractivity contribution is 6.47. The minimum Gasteiger partial charge on any atom is -0.481 e. The number of nitrogens with zero attached hydrogens (tertiary/aromatic N) is 2. The maximum Gasteiger partial charge on any atom is 0.305 e. The van der Waals surface area contributed by atoms with Gasteiger partial charge in [-0.3, -0.25) is 19.4 Å². The minimum atomic E-state index is -0.965. The van der Waals surface area contributed by atoms with Gasteiger partial charge in [0.05, 0.1) is 12.5 Å². The van der Waals surface area contributed by atoms with Crippen molar-refractivity contribution in [2.24, 2.45) is 16.8 Å². The SMILES string of the molecule is CCCCC[C@H](c1ccc(C(=O)NCCC(=O)O)cc1)N1C(=O)C(c2cc(Cl)cc(Cl)c2)=NC12CC(C)CC(C)C2.